The van der Waals surface area contributed by atoms with E-state index in [1.807, 2.05) is 12.3 Å². The van der Waals surface area contributed by atoms with Crippen LogP contribution >= 0.6 is 11.9 Å². The molecule has 3 aromatic rings. The van der Waals surface area contributed by atoms with Crippen LogP contribution < -0.4 is 15.8 Å². The number of ketones is 1. The maximum atomic E-state index is 13.4. The summed E-state index contributed by atoms with van der Waals surface area (Å²) in [6.07, 6.45) is 9.66. The van der Waals surface area contributed by atoms with E-state index in [1.54, 1.807) is 29.6 Å². The Morgan fingerprint density at radius 3 is 2.46 bits per heavy atom. The van der Waals surface area contributed by atoms with Gasteiger partial charge in [0.15, 0.2) is 5.78 Å². The monoisotopic (exact) mass is 493 g/mol. The predicted octanol–water partition coefficient (Wildman–Crippen LogP) is 3.96. The van der Waals surface area contributed by atoms with E-state index in [9.17, 15) is 9.59 Å². The number of rotatable bonds is 6. The quantitative estimate of drug-likeness (QED) is 0.404. The number of aromatic nitrogens is 4. The average molecular weight is 494 g/mol. The largest absolute Gasteiger partial charge is 0.368 e. The summed E-state index contributed by atoms with van der Waals surface area (Å²) < 4.78 is 4.09. The number of nitrogens with one attached hydrogen (secondary N) is 1. The van der Waals surface area contributed by atoms with Crippen LogP contribution in [0.1, 0.15) is 54.6 Å². The number of nitrogens with zero attached hydrogens (tertiary/aromatic N) is 6. The van der Waals surface area contributed by atoms with Gasteiger partial charge in [0.1, 0.15) is 11.5 Å². The third kappa shape index (κ3) is 4.64. The van der Waals surface area contributed by atoms with Crippen LogP contribution in [0.3, 0.4) is 0 Å². The first-order valence-electron chi connectivity index (χ1n) is 12.2. The highest BCUT2D eigenvalue weighted by Crippen LogP contribution is 2.32. The molecule has 0 radical (unpaired) electrons. The molecule has 1 aliphatic carbocycles. The van der Waals surface area contributed by atoms with Crippen molar-refractivity contribution in [3.8, 4) is 0 Å². The Kier molecular flexibility index (Phi) is 6.75. The molecule has 2 fully saturated rings. The van der Waals surface area contributed by atoms with Crippen molar-refractivity contribution in [2.45, 2.75) is 45.6 Å². The third-order valence-corrected chi connectivity index (χ3v) is 7.98. The van der Waals surface area contributed by atoms with Crippen LogP contribution in [0.15, 0.2) is 29.3 Å². The molecular formula is C25H31N7O2S. The second-order valence-electron chi connectivity index (χ2n) is 9.23. The van der Waals surface area contributed by atoms with Crippen molar-refractivity contribution >= 4 is 46.2 Å². The highest BCUT2D eigenvalue weighted by molar-refractivity contribution is 7.96. The van der Waals surface area contributed by atoms with Crippen LogP contribution in [0.5, 0.6) is 0 Å². The fourth-order valence-electron chi connectivity index (χ4n) is 5.20. The number of fused-ring (bicyclic) bond motifs is 1. The average Bonchev–Trinajstić information content (AvgIpc) is 3.39. The molecule has 10 heteroatoms. The van der Waals surface area contributed by atoms with Gasteiger partial charge in [-0.1, -0.05) is 24.8 Å². The molecule has 0 bridgehead atoms. The number of pyridine rings is 2. The molecule has 0 spiro atoms. The Balaban J connectivity index is 1.44. The highest BCUT2D eigenvalue weighted by Gasteiger charge is 2.26. The van der Waals surface area contributed by atoms with Crippen LogP contribution in [0, 0.1) is 6.92 Å². The van der Waals surface area contributed by atoms with Gasteiger partial charge in [0.05, 0.1) is 17.4 Å². The smallest absolute Gasteiger partial charge is 0.263 e. The molecule has 1 saturated heterocycles. The maximum absolute atomic E-state index is 13.4. The van der Waals surface area contributed by atoms with Crippen LogP contribution in [-0.2, 0) is 0 Å². The zero-order chi connectivity index (χ0) is 24.5. The van der Waals surface area contributed by atoms with Gasteiger partial charge in [-0.05, 0) is 50.6 Å². The Bertz CT molecular complexity index is 1290. The number of hydrogen-bond acceptors (Lipinski definition) is 9. The van der Waals surface area contributed by atoms with E-state index in [0.29, 0.717) is 23.0 Å². The fraction of sp³-hybridized carbons (Fsp3) is 0.480. The van der Waals surface area contributed by atoms with E-state index in [0.717, 1.165) is 62.9 Å². The molecule has 0 atom stereocenters. The molecule has 0 aromatic carbocycles. The molecule has 9 nitrogen and oxygen atoms in total. The van der Waals surface area contributed by atoms with Gasteiger partial charge in [-0.3, -0.25) is 14.2 Å². The van der Waals surface area contributed by atoms with Crippen molar-refractivity contribution in [3.05, 3.63) is 46.0 Å². The van der Waals surface area contributed by atoms with Gasteiger partial charge in [0.25, 0.3) is 5.56 Å². The lowest BCUT2D eigenvalue weighted by Crippen LogP contribution is -2.43. The van der Waals surface area contributed by atoms with Gasteiger partial charge in [-0.2, -0.15) is 4.98 Å². The van der Waals surface area contributed by atoms with Crippen molar-refractivity contribution in [1.29, 1.82) is 0 Å². The number of piperazine rings is 1. The summed E-state index contributed by atoms with van der Waals surface area (Å²) in [5.41, 5.74) is 2.30. The molecule has 0 amide bonds. The Labute approximate surface area is 209 Å². The molecule has 0 unspecified atom stereocenters. The first kappa shape index (κ1) is 23.7. The van der Waals surface area contributed by atoms with Crippen LogP contribution in [0.4, 0.5) is 17.5 Å². The number of anilines is 3. The van der Waals surface area contributed by atoms with E-state index in [4.69, 9.17) is 4.98 Å². The summed E-state index contributed by atoms with van der Waals surface area (Å²) in [6, 6.07) is 4.04. The summed E-state index contributed by atoms with van der Waals surface area (Å²) >= 11 is 1.79. The topological polar surface area (TPSA) is 96.2 Å². The van der Waals surface area contributed by atoms with Crippen molar-refractivity contribution < 1.29 is 4.79 Å². The van der Waals surface area contributed by atoms with Crippen LogP contribution in [0.25, 0.3) is 11.0 Å². The number of carbonyl (C=O) groups is 1. The molecule has 3 aromatic heterocycles. The highest BCUT2D eigenvalue weighted by atomic mass is 32.2. The first-order valence-corrected chi connectivity index (χ1v) is 13.3. The van der Waals surface area contributed by atoms with Gasteiger partial charge in [-0.15, -0.1) is 0 Å². The van der Waals surface area contributed by atoms with Gasteiger partial charge in [0, 0.05) is 43.8 Å². The summed E-state index contributed by atoms with van der Waals surface area (Å²) in [6.45, 7) is 7.25. The van der Waals surface area contributed by atoms with Gasteiger partial charge >= 0.3 is 0 Å². The van der Waals surface area contributed by atoms with E-state index >= 15 is 0 Å². The number of Topliss-reactive ketones (excluding diaryl/α,β-unsaturated/α-hetero) is 1. The molecular weight excluding hydrogens is 462 g/mol. The lowest BCUT2D eigenvalue weighted by atomic mass is 10.0. The van der Waals surface area contributed by atoms with E-state index < -0.39 is 0 Å². The number of hydrogen-bond donors (Lipinski definition) is 1. The molecule has 4 heterocycles. The Morgan fingerprint density at radius 1 is 1.09 bits per heavy atom. The molecule has 35 heavy (non-hydrogen) atoms. The molecule has 5 rings (SSSR count). The lowest BCUT2D eigenvalue weighted by Gasteiger charge is -2.34. The van der Waals surface area contributed by atoms with E-state index in [-0.39, 0.29) is 22.9 Å². The SMILES string of the molecule is CSN1CCN(c2ccc(Nc3ncc4c(C)c(C(C)=O)c(=O)n(C5CCCC5)c4n3)nc2)CC1. The second-order valence-corrected chi connectivity index (χ2v) is 10.1. The minimum absolute atomic E-state index is 0.0513. The lowest BCUT2D eigenvalue weighted by molar-refractivity contribution is 0.101. The van der Waals surface area contributed by atoms with Gasteiger partial charge < -0.3 is 10.2 Å². The summed E-state index contributed by atoms with van der Waals surface area (Å²) in [5.74, 6) is 0.803. The van der Waals surface area contributed by atoms with Crippen LogP contribution in [0.2, 0.25) is 0 Å². The third-order valence-electron chi connectivity index (χ3n) is 7.10. The fourth-order valence-corrected chi connectivity index (χ4v) is 5.73. The number of carbonyl (C=O) groups excluding carboxylic acids is 1. The first-order chi connectivity index (χ1) is 17.0. The summed E-state index contributed by atoms with van der Waals surface area (Å²) in [4.78, 5) is 41.8. The second kappa shape index (κ2) is 9.94. The van der Waals surface area contributed by atoms with Crippen LogP contribution in [-0.4, -0.2) is 62.0 Å². The molecule has 1 aliphatic heterocycles. The molecule has 2 aliphatic rings. The molecule has 1 saturated carbocycles. The zero-order valence-corrected chi connectivity index (χ0v) is 21.3. The van der Waals surface area contributed by atoms with Gasteiger partial charge in [-0.25, -0.2) is 14.3 Å². The Hall–Kier alpha value is -2.98. The zero-order valence-electron chi connectivity index (χ0n) is 20.5. The predicted molar refractivity (Wildman–Crippen MR) is 141 cm³/mol. The maximum Gasteiger partial charge on any atom is 0.263 e. The minimum atomic E-state index is -0.247. The summed E-state index contributed by atoms with van der Waals surface area (Å²) in [7, 11) is 0. The molecule has 1 N–H and O–H groups in total. The van der Waals surface area contributed by atoms with Gasteiger partial charge in [0.2, 0.25) is 5.95 Å². The van der Waals surface area contributed by atoms with Crippen molar-refractivity contribution in [3.63, 3.8) is 0 Å². The van der Waals surface area contributed by atoms with Crippen molar-refractivity contribution in [1.82, 2.24) is 23.8 Å². The van der Waals surface area contributed by atoms with E-state index in [2.05, 4.69) is 36.8 Å². The van der Waals surface area contributed by atoms with Crippen molar-refractivity contribution in [2.75, 3.05) is 42.7 Å². The number of aryl methyl sites for hydroxylation is 1. The minimum Gasteiger partial charge on any atom is -0.368 e. The normalized spacial score (nSPS) is 17.3. The van der Waals surface area contributed by atoms with Crippen molar-refractivity contribution in [2.24, 2.45) is 0 Å². The van der Waals surface area contributed by atoms with E-state index in [1.165, 1.54) is 6.92 Å². The molecule has 184 valence electrons. The Morgan fingerprint density at radius 2 is 1.83 bits per heavy atom. The summed E-state index contributed by atoms with van der Waals surface area (Å²) in [5, 5.41) is 3.93. The standard InChI is InChI=1S/C25H31N7O2S/c1-16-20-15-27-25(28-21-9-8-19(14-26-21)30-10-12-31(35-3)13-11-30)29-23(20)32(18-6-4-5-7-18)24(34)22(16)17(2)33/h8-9,14-15,18H,4-7,10-13H2,1-3H3,(H,26,27,28,29).